The fourth-order valence-electron chi connectivity index (χ4n) is 2.74. The van der Waals surface area contributed by atoms with Crippen LogP contribution < -0.4 is 5.73 Å². The molecule has 0 aliphatic carbocycles. The number of amides is 1. The molecule has 122 valence electrons. The van der Waals surface area contributed by atoms with Crippen molar-refractivity contribution in [3.8, 4) is 0 Å². The number of anilines is 1. The lowest BCUT2D eigenvalue weighted by molar-refractivity contribution is 0.0788. The number of hydrogen-bond acceptors (Lipinski definition) is 3. The van der Waals surface area contributed by atoms with Crippen molar-refractivity contribution in [1.29, 1.82) is 0 Å². The van der Waals surface area contributed by atoms with Gasteiger partial charge in [0.25, 0.3) is 5.91 Å². The van der Waals surface area contributed by atoms with Gasteiger partial charge < -0.3 is 10.6 Å². The molecule has 3 rings (SSSR count). The largest absolute Gasteiger partial charge is 0.399 e. The smallest absolute Gasteiger partial charge is 0.253 e. The second kappa shape index (κ2) is 8.27. The molecule has 0 spiro atoms. The van der Waals surface area contributed by atoms with Crippen LogP contribution in [0.15, 0.2) is 59.5 Å². The number of nitrogen functional groups attached to an aromatic ring is 1. The molecule has 1 aliphatic heterocycles. The third-order valence-electron chi connectivity index (χ3n) is 3.94. The summed E-state index contributed by atoms with van der Waals surface area (Å²) in [4.78, 5) is 15.7. The number of hydrogen-bond donors (Lipinski definition) is 1. The van der Waals surface area contributed by atoms with Gasteiger partial charge in [-0.1, -0.05) is 24.3 Å². The predicted octanol–water partition coefficient (Wildman–Crippen LogP) is 3.95. The van der Waals surface area contributed by atoms with Gasteiger partial charge in [0.2, 0.25) is 0 Å². The van der Waals surface area contributed by atoms with E-state index in [1.807, 2.05) is 34.9 Å². The molecular formula is C18H21ClN2OS. The Morgan fingerprint density at radius 2 is 1.96 bits per heavy atom. The van der Waals surface area contributed by atoms with Gasteiger partial charge in [-0.3, -0.25) is 4.79 Å². The van der Waals surface area contributed by atoms with Crippen molar-refractivity contribution in [2.45, 2.75) is 11.3 Å². The standard InChI is InChI=1S/C18H20N2OS.ClH/c19-16-6-4-5-15(11-16)18(21)20-10-9-14(12-20)13-22-17-7-2-1-3-8-17;/h1-8,11,14H,9-10,12-13,19H2;1H. The Balaban J connectivity index is 0.00000192. The van der Waals surface area contributed by atoms with E-state index in [2.05, 4.69) is 24.3 Å². The minimum atomic E-state index is 0. The van der Waals surface area contributed by atoms with Crippen molar-refractivity contribution in [2.75, 3.05) is 24.6 Å². The SMILES string of the molecule is Cl.Nc1cccc(C(=O)N2CCC(CSc3ccccc3)C2)c1. The van der Waals surface area contributed by atoms with Crippen LogP contribution in [-0.4, -0.2) is 29.6 Å². The molecule has 1 heterocycles. The number of likely N-dealkylation sites (tertiary alicyclic amines) is 1. The molecule has 2 N–H and O–H groups in total. The van der Waals surface area contributed by atoms with Crippen LogP contribution in [0, 0.1) is 5.92 Å². The van der Waals surface area contributed by atoms with Gasteiger partial charge in [0, 0.05) is 35.0 Å². The van der Waals surface area contributed by atoms with Crippen LogP contribution in [0.3, 0.4) is 0 Å². The fraction of sp³-hybridized carbons (Fsp3) is 0.278. The topological polar surface area (TPSA) is 46.3 Å². The van der Waals surface area contributed by atoms with Crippen molar-refractivity contribution >= 4 is 35.8 Å². The van der Waals surface area contributed by atoms with Gasteiger partial charge >= 0.3 is 0 Å². The summed E-state index contributed by atoms with van der Waals surface area (Å²) in [5.41, 5.74) is 7.09. The monoisotopic (exact) mass is 348 g/mol. The highest BCUT2D eigenvalue weighted by Crippen LogP contribution is 2.26. The van der Waals surface area contributed by atoms with Crippen LogP contribution in [0.1, 0.15) is 16.8 Å². The highest BCUT2D eigenvalue weighted by molar-refractivity contribution is 7.99. The van der Waals surface area contributed by atoms with Gasteiger partial charge in [0.05, 0.1) is 0 Å². The Kier molecular flexibility index (Phi) is 6.37. The van der Waals surface area contributed by atoms with Gasteiger partial charge in [-0.15, -0.1) is 24.2 Å². The van der Waals surface area contributed by atoms with Gasteiger partial charge in [-0.25, -0.2) is 0 Å². The molecule has 0 saturated carbocycles. The van der Waals surface area contributed by atoms with E-state index in [4.69, 9.17) is 5.73 Å². The van der Waals surface area contributed by atoms with E-state index in [9.17, 15) is 4.79 Å². The maximum Gasteiger partial charge on any atom is 0.253 e. The fourth-order valence-corrected chi connectivity index (χ4v) is 3.79. The maximum atomic E-state index is 12.5. The summed E-state index contributed by atoms with van der Waals surface area (Å²) < 4.78 is 0. The molecule has 3 nitrogen and oxygen atoms in total. The van der Waals surface area contributed by atoms with Crippen LogP contribution in [0.5, 0.6) is 0 Å². The molecule has 0 bridgehead atoms. The number of carbonyl (C=O) groups is 1. The Labute approximate surface area is 147 Å². The van der Waals surface area contributed by atoms with E-state index in [1.165, 1.54) is 4.90 Å². The Morgan fingerprint density at radius 3 is 2.70 bits per heavy atom. The summed E-state index contributed by atoms with van der Waals surface area (Å²) in [6, 6.07) is 17.7. The van der Waals surface area contributed by atoms with Crippen LogP contribution in [-0.2, 0) is 0 Å². The molecule has 1 atom stereocenters. The van der Waals surface area contributed by atoms with E-state index < -0.39 is 0 Å². The second-order valence-electron chi connectivity index (χ2n) is 5.66. The maximum absolute atomic E-state index is 12.5. The molecular weight excluding hydrogens is 328 g/mol. The van der Waals surface area contributed by atoms with Crippen LogP contribution in [0.25, 0.3) is 0 Å². The van der Waals surface area contributed by atoms with Gasteiger partial charge in [-0.2, -0.15) is 0 Å². The lowest BCUT2D eigenvalue weighted by Crippen LogP contribution is -2.29. The Hall–Kier alpha value is -1.65. The first kappa shape index (κ1) is 17.7. The van der Waals surface area contributed by atoms with Crippen LogP contribution in [0.2, 0.25) is 0 Å². The molecule has 0 radical (unpaired) electrons. The lowest BCUT2D eigenvalue weighted by Gasteiger charge is -2.17. The van der Waals surface area contributed by atoms with E-state index in [1.54, 1.807) is 12.1 Å². The number of halogens is 1. The quantitative estimate of drug-likeness (QED) is 0.672. The minimum Gasteiger partial charge on any atom is -0.399 e. The van der Waals surface area contributed by atoms with Crippen molar-refractivity contribution in [1.82, 2.24) is 4.90 Å². The number of thioether (sulfide) groups is 1. The molecule has 1 amide bonds. The van der Waals surface area contributed by atoms with E-state index in [0.717, 1.165) is 25.3 Å². The number of nitrogens with two attached hydrogens (primary N) is 1. The normalized spacial score (nSPS) is 16.9. The molecule has 2 aromatic rings. The highest BCUT2D eigenvalue weighted by Gasteiger charge is 2.26. The molecule has 1 fully saturated rings. The van der Waals surface area contributed by atoms with Crippen molar-refractivity contribution in [3.63, 3.8) is 0 Å². The summed E-state index contributed by atoms with van der Waals surface area (Å²) in [5, 5.41) is 0. The molecule has 23 heavy (non-hydrogen) atoms. The zero-order valence-electron chi connectivity index (χ0n) is 12.9. The van der Waals surface area contributed by atoms with Gasteiger partial charge in [0.15, 0.2) is 0 Å². The lowest BCUT2D eigenvalue weighted by atomic mass is 10.1. The highest BCUT2D eigenvalue weighted by atomic mass is 35.5. The molecule has 1 saturated heterocycles. The first-order chi connectivity index (χ1) is 10.7. The summed E-state index contributed by atoms with van der Waals surface area (Å²) in [7, 11) is 0. The average molecular weight is 349 g/mol. The van der Waals surface area contributed by atoms with E-state index in [-0.39, 0.29) is 18.3 Å². The molecule has 1 aliphatic rings. The second-order valence-corrected chi connectivity index (χ2v) is 6.75. The summed E-state index contributed by atoms with van der Waals surface area (Å²) in [6.45, 7) is 1.68. The Morgan fingerprint density at radius 1 is 1.17 bits per heavy atom. The van der Waals surface area contributed by atoms with Crippen molar-refractivity contribution < 1.29 is 4.79 Å². The average Bonchev–Trinajstić information content (AvgIpc) is 3.02. The Bertz CT molecular complexity index is 650. The minimum absolute atomic E-state index is 0. The first-order valence-electron chi connectivity index (χ1n) is 7.55. The summed E-state index contributed by atoms with van der Waals surface area (Å²) >= 11 is 1.87. The third kappa shape index (κ3) is 4.66. The first-order valence-corrected chi connectivity index (χ1v) is 8.53. The predicted molar refractivity (Wildman–Crippen MR) is 99.3 cm³/mol. The number of nitrogens with zero attached hydrogens (tertiary/aromatic N) is 1. The number of carbonyl (C=O) groups excluding carboxylic acids is 1. The number of rotatable bonds is 4. The van der Waals surface area contributed by atoms with Crippen molar-refractivity contribution in [3.05, 3.63) is 60.2 Å². The van der Waals surface area contributed by atoms with Gasteiger partial charge in [-0.05, 0) is 42.7 Å². The van der Waals surface area contributed by atoms with E-state index >= 15 is 0 Å². The number of benzene rings is 2. The summed E-state index contributed by atoms with van der Waals surface area (Å²) in [6.07, 6.45) is 1.08. The van der Waals surface area contributed by atoms with E-state index in [0.29, 0.717) is 17.2 Å². The molecule has 1 unspecified atom stereocenters. The molecule has 5 heteroatoms. The van der Waals surface area contributed by atoms with Crippen LogP contribution in [0.4, 0.5) is 5.69 Å². The van der Waals surface area contributed by atoms with Gasteiger partial charge in [0.1, 0.15) is 0 Å². The van der Waals surface area contributed by atoms with Crippen molar-refractivity contribution in [2.24, 2.45) is 5.92 Å². The third-order valence-corrected chi connectivity index (χ3v) is 5.18. The molecule has 2 aromatic carbocycles. The summed E-state index contributed by atoms with van der Waals surface area (Å²) in [5.74, 6) is 1.72. The van der Waals surface area contributed by atoms with Crippen LogP contribution >= 0.6 is 24.2 Å². The molecule has 0 aromatic heterocycles. The zero-order valence-corrected chi connectivity index (χ0v) is 14.5. The zero-order chi connectivity index (χ0) is 15.4.